The van der Waals surface area contributed by atoms with E-state index in [1.165, 1.54) is 54.9 Å². The van der Waals surface area contributed by atoms with E-state index in [1.54, 1.807) is 0 Å². The number of amides is 1. The molecule has 0 aliphatic heterocycles. The van der Waals surface area contributed by atoms with E-state index in [2.05, 4.69) is 60.0 Å². The van der Waals surface area contributed by atoms with E-state index in [0.29, 0.717) is 6.54 Å². The maximum Gasteiger partial charge on any atom is 0.234 e. The van der Waals surface area contributed by atoms with Crippen LogP contribution in [-0.2, 0) is 4.79 Å². The average Bonchev–Trinajstić information content (AvgIpc) is 2.65. The van der Waals surface area contributed by atoms with E-state index in [9.17, 15) is 4.79 Å². The van der Waals surface area contributed by atoms with Crippen LogP contribution in [0.3, 0.4) is 0 Å². The lowest BCUT2D eigenvalue weighted by Gasteiger charge is -2.57. The molecule has 4 bridgehead atoms. The predicted octanol–water partition coefficient (Wildman–Crippen LogP) is 4.58. The van der Waals surface area contributed by atoms with Crippen molar-refractivity contribution in [1.29, 1.82) is 0 Å². The van der Waals surface area contributed by atoms with Gasteiger partial charge in [-0.3, -0.25) is 4.79 Å². The third kappa shape index (κ3) is 3.27. The molecule has 27 heavy (non-hydrogen) atoms. The van der Waals surface area contributed by atoms with Gasteiger partial charge in [-0.15, -0.1) is 0 Å². The maximum absolute atomic E-state index is 12.7. The number of hydrogen-bond donors (Lipinski definition) is 2. The van der Waals surface area contributed by atoms with Gasteiger partial charge in [0.25, 0.3) is 0 Å². The Morgan fingerprint density at radius 3 is 2.33 bits per heavy atom. The molecule has 4 fully saturated rings. The minimum atomic E-state index is 0.0155. The molecule has 0 heterocycles. The molecule has 0 unspecified atom stereocenters. The number of benzene rings is 2. The van der Waals surface area contributed by atoms with Gasteiger partial charge in [0, 0.05) is 5.54 Å². The Balaban J connectivity index is 1.23. The zero-order valence-corrected chi connectivity index (χ0v) is 16.2. The molecule has 3 heteroatoms. The van der Waals surface area contributed by atoms with Crippen molar-refractivity contribution in [3.63, 3.8) is 0 Å². The lowest BCUT2D eigenvalue weighted by atomic mass is 9.53. The topological polar surface area (TPSA) is 41.1 Å². The Hall–Kier alpha value is -1.87. The molecular weight excluding hydrogens is 332 g/mol. The van der Waals surface area contributed by atoms with Gasteiger partial charge in [0.15, 0.2) is 0 Å². The van der Waals surface area contributed by atoms with E-state index in [-0.39, 0.29) is 17.5 Å². The van der Waals surface area contributed by atoms with Crippen LogP contribution in [0.5, 0.6) is 0 Å². The van der Waals surface area contributed by atoms with E-state index in [1.807, 2.05) is 0 Å². The van der Waals surface area contributed by atoms with Crippen LogP contribution in [0.2, 0.25) is 0 Å². The highest BCUT2D eigenvalue weighted by Crippen LogP contribution is 2.55. The fourth-order valence-electron chi connectivity index (χ4n) is 6.59. The number of carbonyl (C=O) groups is 1. The Labute approximate surface area is 161 Å². The second-order valence-corrected chi connectivity index (χ2v) is 9.41. The third-order valence-electron chi connectivity index (χ3n) is 7.33. The molecule has 4 saturated carbocycles. The summed E-state index contributed by atoms with van der Waals surface area (Å²) >= 11 is 0. The second-order valence-electron chi connectivity index (χ2n) is 9.41. The van der Waals surface area contributed by atoms with E-state index in [4.69, 9.17) is 0 Å². The molecule has 2 N–H and O–H groups in total. The molecule has 0 spiro atoms. The summed E-state index contributed by atoms with van der Waals surface area (Å²) in [6.45, 7) is 2.53. The van der Waals surface area contributed by atoms with Gasteiger partial charge in [0.05, 0.1) is 12.6 Å². The Morgan fingerprint density at radius 1 is 1.00 bits per heavy atom. The molecule has 2 aromatic carbocycles. The van der Waals surface area contributed by atoms with E-state index in [0.717, 1.165) is 17.8 Å². The molecule has 0 aromatic heterocycles. The first-order valence-electron chi connectivity index (χ1n) is 10.6. The summed E-state index contributed by atoms with van der Waals surface area (Å²) in [4.78, 5) is 12.7. The molecule has 6 rings (SSSR count). The Bertz CT molecular complexity index is 818. The molecule has 1 atom stereocenters. The van der Waals surface area contributed by atoms with Crippen molar-refractivity contribution in [3.8, 4) is 0 Å². The van der Waals surface area contributed by atoms with Crippen LogP contribution in [-0.4, -0.2) is 18.0 Å². The normalized spacial score (nSPS) is 32.6. The van der Waals surface area contributed by atoms with Crippen molar-refractivity contribution in [2.24, 2.45) is 17.8 Å². The summed E-state index contributed by atoms with van der Waals surface area (Å²) in [5.74, 6) is 2.83. The van der Waals surface area contributed by atoms with Crippen LogP contribution in [0.15, 0.2) is 42.5 Å². The summed E-state index contributed by atoms with van der Waals surface area (Å²) in [7, 11) is 0. The smallest absolute Gasteiger partial charge is 0.234 e. The van der Waals surface area contributed by atoms with Gasteiger partial charge in [-0.05, 0) is 79.5 Å². The lowest BCUT2D eigenvalue weighted by Crippen LogP contribution is -2.59. The van der Waals surface area contributed by atoms with Gasteiger partial charge in [0.1, 0.15) is 0 Å². The fraction of sp³-hybridized carbons (Fsp3) is 0.542. The average molecular weight is 363 g/mol. The quantitative estimate of drug-likeness (QED) is 0.818. The first-order valence-corrected chi connectivity index (χ1v) is 10.6. The fourth-order valence-corrected chi connectivity index (χ4v) is 6.59. The first-order chi connectivity index (χ1) is 13.1. The molecule has 4 aliphatic rings. The van der Waals surface area contributed by atoms with Crippen molar-refractivity contribution < 1.29 is 4.79 Å². The van der Waals surface area contributed by atoms with E-state index >= 15 is 0 Å². The summed E-state index contributed by atoms with van der Waals surface area (Å²) < 4.78 is 0. The van der Waals surface area contributed by atoms with Crippen molar-refractivity contribution in [2.75, 3.05) is 6.54 Å². The predicted molar refractivity (Wildman–Crippen MR) is 109 cm³/mol. The molecule has 1 amide bonds. The highest BCUT2D eigenvalue weighted by molar-refractivity contribution is 5.87. The van der Waals surface area contributed by atoms with Crippen LogP contribution in [0.4, 0.5) is 0 Å². The first kappa shape index (κ1) is 17.2. The van der Waals surface area contributed by atoms with Crippen LogP contribution >= 0.6 is 0 Å². The summed E-state index contributed by atoms with van der Waals surface area (Å²) in [5, 5.41) is 9.38. The molecule has 0 radical (unpaired) electrons. The lowest BCUT2D eigenvalue weighted by molar-refractivity contribution is -0.122. The van der Waals surface area contributed by atoms with Gasteiger partial charge in [-0.2, -0.15) is 0 Å². The number of hydrogen-bond acceptors (Lipinski definition) is 2. The van der Waals surface area contributed by atoms with Gasteiger partial charge < -0.3 is 10.6 Å². The van der Waals surface area contributed by atoms with Crippen molar-refractivity contribution in [2.45, 2.75) is 57.0 Å². The molecule has 2 aromatic rings. The Kier molecular flexibility index (Phi) is 4.23. The number of carbonyl (C=O) groups excluding carboxylic acids is 1. The van der Waals surface area contributed by atoms with Gasteiger partial charge in [-0.25, -0.2) is 0 Å². The van der Waals surface area contributed by atoms with Crippen LogP contribution in [0.1, 0.15) is 57.1 Å². The van der Waals surface area contributed by atoms with Crippen LogP contribution in [0, 0.1) is 17.8 Å². The molecule has 142 valence electrons. The SMILES string of the molecule is C[C@H](NC(=O)CNC12CC3CC(CC(C3)C1)C2)c1cccc2ccccc12. The highest BCUT2D eigenvalue weighted by atomic mass is 16.2. The molecule has 3 nitrogen and oxygen atoms in total. The summed E-state index contributed by atoms with van der Waals surface area (Å²) in [6.07, 6.45) is 8.16. The zero-order valence-electron chi connectivity index (χ0n) is 16.2. The highest BCUT2D eigenvalue weighted by Gasteiger charge is 2.50. The largest absolute Gasteiger partial charge is 0.348 e. The van der Waals surface area contributed by atoms with Gasteiger partial charge >= 0.3 is 0 Å². The van der Waals surface area contributed by atoms with Crippen molar-refractivity contribution >= 4 is 16.7 Å². The number of nitrogens with one attached hydrogen (secondary N) is 2. The Morgan fingerprint density at radius 2 is 1.63 bits per heavy atom. The third-order valence-corrected chi connectivity index (χ3v) is 7.33. The number of fused-ring (bicyclic) bond motifs is 1. The minimum Gasteiger partial charge on any atom is -0.348 e. The second kappa shape index (κ2) is 6.63. The monoisotopic (exact) mass is 362 g/mol. The maximum atomic E-state index is 12.7. The molecular formula is C24H30N2O. The zero-order chi connectivity index (χ0) is 18.4. The van der Waals surface area contributed by atoms with Crippen LogP contribution in [0.25, 0.3) is 10.8 Å². The van der Waals surface area contributed by atoms with Crippen molar-refractivity contribution in [3.05, 3.63) is 48.0 Å². The molecule has 4 aliphatic carbocycles. The summed E-state index contributed by atoms with van der Waals surface area (Å²) in [6, 6.07) is 14.7. The number of rotatable bonds is 5. The van der Waals surface area contributed by atoms with E-state index < -0.39 is 0 Å². The van der Waals surface area contributed by atoms with Gasteiger partial charge in [0.2, 0.25) is 5.91 Å². The molecule has 0 saturated heterocycles. The van der Waals surface area contributed by atoms with Crippen molar-refractivity contribution in [1.82, 2.24) is 10.6 Å². The summed E-state index contributed by atoms with van der Waals surface area (Å²) in [5.41, 5.74) is 1.44. The van der Waals surface area contributed by atoms with Gasteiger partial charge in [-0.1, -0.05) is 42.5 Å². The van der Waals surface area contributed by atoms with Crippen LogP contribution < -0.4 is 10.6 Å². The standard InChI is InChI=1S/C24H30N2O/c1-16(21-8-4-6-20-5-2-3-7-22(20)21)26-23(27)15-25-24-12-17-9-18(13-24)11-19(10-17)14-24/h2-8,16-19,25H,9-15H2,1H3,(H,26,27)/t16-,17?,18?,19?,24?/m0/s1. The minimum absolute atomic E-state index is 0.0155.